The summed E-state index contributed by atoms with van der Waals surface area (Å²) in [6, 6.07) is 10.1. The van der Waals surface area contributed by atoms with E-state index in [2.05, 4.69) is 43.4 Å². The second kappa shape index (κ2) is 4.33. The molecule has 1 aliphatic carbocycles. The average Bonchev–Trinajstić information content (AvgIpc) is 2.85. The molecule has 3 rings (SSSR count). The van der Waals surface area contributed by atoms with Crippen molar-refractivity contribution in [2.45, 2.75) is 50.1 Å². The van der Waals surface area contributed by atoms with Gasteiger partial charge in [0.15, 0.2) is 0 Å². The van der Waals surface area contributed by atoms with Crippen LogP contribution >= 0.6 is 11.8 Å². The van der Waals surface area contributed by atoms with Crippen molar-refractivity contribution in [3.63, 3.8) is 0 Å². The Balaban J connectivity index is 1.76. The van der Waals surface area contributed by atoms with E-state index >= 15 is 0 Å². The minimum Gasteiger partial charge on any atom is -0.306 e. The molecule has 1 aromatic rings. The van der Waals surface area contributed by atoms with E-state index in [4.69, 9.17) is 0 Å². The summed E-state index contributed by atoms with van der Waals surface area (Å²) in [7, 11) is 0. The molecule has 2 unspecified atom stereocenters. The molecule has 2 aliphatic rings. The summed E-state index contributed by atoms with van der Waals surface area (Å²) in [6.07, 6.45) is 4.09. The van der Waals surface area contributed by atoms with E-state index in [0.29, 0.717) is 17.5 Å². The fourth-order valence-electron chi connectivity index (χ4n) is 3.18. The largest absolute Gasteiger partial charge is 0.306 e. The van der Waals surface area contributed by atoms with Crippen molar-refractivity contribution < 1.29 is 0 Å². The van der Waals surface area contributed by atoms with Gasteiger partial charge in [0.25, 0.3) is 0 Å². The van der Waals surface area contributed by atoms with Gasteiger partial charge in [-0.25, -0.2) is 0 Å². The van der Waals surface area contributed by atoms with E-state index < -0.39 is 0 Å². The van der Waals surface area contributed by atoms with Crippen molar-refractivity contribution in [1.82, 2.24) is 5.32 Å². The Bertz CT molecular complexity index is 413. The van der Waals surface area contributed by atoms with E-state index in [1.807, 2.05) is 11.8 Å². The molecule has 0 aromatic heterocycles. The van der Waals surface area contributed by atoms with Crippen LogP contribution in [-0.2, 0) is 0 Å². The second-order valence-electron chi connectivity index (χ2n) is 6.00. The van der Waals surface area contributed by atoms with E-state index in [1.165, 1.54) is 35.5 Å². The summed E-state index contributed by atoms with van der Waals surface area (Å²) in [6.45, 7) is 4.82. The monoisotopic (exact) mass is 247 g/mol. The first-order chi connectivity index (χ1) is 8.17. The lowest BCUT2D eigenvalue weighted by atomic mass is 9.86. The molecule has 1 nitrogen and oxygen atoms in total. The van der Waals surface area contributed by atoms with Gasteiger partial charge in [-0.05, 0) is 29.9 Å². The molecular formula is C15H21NS. The molecule has 1 aromatic carbocycles. The number of nitrogens with one attached hydrogen (secondary N) is 1. The topological polar surface area (TPSA) is 12.0 Å². The van der Waals surface area contributed by atoms with Crippen molar-refractivity contribution >= 4 is 11.8 Å². The minimum absolute atomic E-state index is 0.474. The van der Waals surface area contributed by atoms with Gasteiger partial charge in [0, 0.05) is 22.7 Å². The van der Waals surface area contributed by atoms with Gasteiger partial charge in [-0.15, -0.1) is 11.8 Å². The summed E-state index contributed by atoms with van der Waals surface area (Å²) in [5, 5.41) is 3.90. The third-order valence-electron chi connectivity index (χ3n) is 4.36. The summed E-state index contributed by atoms with van der Waals surface area (Å²) < 4.78 is 0. The highest BCUT2D eigenvalue weighted by Crippen LogP contribution is 2.42. The zero-order chi connectivity index (χ0) is 11.9. The maximum absolute atomic E-state index is 3.90. The Morgan fingerprint density at radius 2 is 2.12 bits per heavy atom. The van der Waals surface area contributed by atoms with Gasteiger partial charge in [0.05, 0.1) is 0 Å². The minimum atomic E-state index is 0.474. The van der Waals surface area contributed by atoms with Crippen LogP contribution < -0.4 is 5.32 Å². The number of hydrogen-bond acceptors (Lipinski definition) is 2. The first-order valence-corrected chi connectivity index (χ1v) is 7.63. The van der Waals surface area contributed by atoms with Gasteiger partial charge in [-0.1, -0.05) is 38.5 Å². The summed E-state index contributed by atoms with van der Waals surface area (Å²) in [4.78, 5) is 1.47. The quantitative estimate of drug-likeness (QED) is 0.847. The number of benzene rings is 1. The normalized spacial score (nSPS) is 30.5. The molecule has 17 heavy (non-hydrogen) atoms. The molecule has 0 saturated heterocycles. The van der Waals surface area contributed by atoms with Crippen LogP contribution in [0, 0.1) is 5.41 Å². The van der Waals surface area contributed by atoms with Gasteiger partial charge < -0.3 is 5.32 Å². The van der Waals surface area contributed by atoms with Crippen molar-refractivity contribution in [1.29, 1.82) is 0 Å². The molecule has 2 heteroatoms. The van der Waals surface area contributed by atoms with E-state index in [9.17, 15) is 0 Å². The summed E-state index contributed by atoms with van der Waals surface area (Å²) in [5.74, 6) is 1.20. The van der Waals surface area contributed by atoms with Crippen LogP contribution in [0.15, 0.2) is 29.2 Å². The zero-order valence-electron chi connectivity index (χ0n) is 10.7. The lowest BCUT2D eigenvalue weighted by Gasteiger charge is -2.30. The first kappa shape index (κ1) is 11.6. The number of fused-ring (bicyclic) bond motifs is 1. The van der Waals surface area contributed by atoms with Crippen LogP contribution in [0.2, 0.25) is 0 Å². The fraction of sp³-hybridized carbons (Fsp3) is 0.600. The molecule has 0 amide bonds. The van der Waals surface area contributed by atoms with E-state index in [-0.39, 0.29) is 0 Å². The van der Waals surface area contributed by atoms with Crippen molar-refractivity contribution in [2.24, 2.45) is 5.41 Å². The van der Waals surface area contributed by atoms with Crippen LogP contribution in [0.3, 0.4) is 0 Å². The van der Waals surface area contributed by atoms with Crippen molar-refractivity contribution in [3.05, 3.63) is 29.8 Å². The van der Waals surface area contributed by atoms with Crippen LogP contribution in [0.1, 0.15) is 44.7 Å². The molecule has 0 bridgehead atoms. The fourth-order valence-corrected chi connectivity index (χ4v) is 4.35. The molecule has 0 spiro atoms. The van der Waals surface area contributed by atoms with Crippen molar-refractivity contribution in [3.8, 4) is 0 Å². The van der Waals surface area contributed by atoms with Gasteiger partial charge in [-0.2, -0.15) is 0 Å². The van der Waals surface area contributed by atoms with Gasteiger partial charge in [0.2, 0.25) is 0 Å². The highest BCUT2D eigenvalue weighted by molar-refractivity contribution is 7.99. The highest BCUT2D eigenvalue weighted by Gasteiger charge is 2.36. The van der Waals surface area contributed by atoms with Gasteiger partial charge in [-0.3, -0.25) is 0 Å². The third kappa shape index (κ3) is 2.13. The number of thioether (sulfide) groups is 1. The third-order valence-corrected chi connectivity index (χ3v) is 5.54. The average molecular weight is 247 g/mol. The smallest absolute Gasteiger partial charge is 0.0428 e. The standard InChI is InChI=1S/C15H21NS/c1-15(2)9-5-8-14(15)16-12-10-17-13-7-4-3-6-11(12)13/h3-4,6-7,12,14,16H,5,8-10H2,1-2H3. The molecular weight excluding hydrogens is 226 g/mol. The maximum Gasteiger partial charge on any atom is 0.0428 e. The van der Waals surface area contributed by atoms with Crippen molar-refractivity contribution in [2.75, 3.05) is 5.75 Å². The Morgan fingerprint density at radius 3 is 2.88 bits per heavy atom. The zero-order valence-corrected chi connectivity index (χ0v) is 11.5. The molecule has 0 radical (unpaired) electrons. The maximum atomic E-state index is 3.90. The van der Waals surface area contributed by atoms with E-state index in [1.54, 1.807) is 0 Å². The Hall–Kier alpha value is -0.470. The Morgan fingerprint density at radius 1 is 1.29 bits per heavy atom. The van der Waals surface area contributed by atoms with Crippen LogP contribution in [0.4, 0.5) is 0 Å². The molecule has 1 N–H and O–H groups in total. The molecule has 2 atom stereocenters. The van der Waals surface area contributed by atoms with Gasteiger partial charge >= 0.3 is 0 Å². The lowest BCUT2D eigenvalue weighted by molar-refractivity contribution is 0.268. The molecule has 92 valence electrons. The molecule has 1 aliphatic heterocycles. The van der Waals surface area contributed by atoms with Crippen LogP contribution in [-0.4, -0.2) is 11.8 Å². The molecule has 1 saturated carbocycles. The Kier molecular flexibility index (Phi) is 2.95. The number of hydrogen-bond donors (Lipinski definition) is 1. The van der Waals surface area contributed by atoms with Gasteiger partial charge in [0.1, 0.15) is 0 Å². The lowest BCUT2D eigenvalue weighted by Crippen LogP contribution is -2.40. The summed E-state index contributed by atoms with van der Waals surface area (Å²) >= 11 is 2.00. The summed E-state index contributed by atoms with van der Waals surface area (Å²) in [5.41, 5.74) is 1.99. The van der Waals surface area contributed by atoms with Crippen LogP contribution in [0.5, 0.6) is 0 Å². The van der Waals surface area contributed by atoms with Crippen LogP contribution in [0.25, 0.3) is 0 Å². The van der Waals surface area contributed by atoms with E-state index in [0.717, 1.165) is 0 Å². The number of rotatable bonds is 2. The Labute approximate surface area is 108 Å². The SMILES string of the molecule is CC1(C)CCCC1NC1CSc2ccccc21. The molecule has 1 fully saturated rings. The second-order valence-corrected chi connectivity index (χ2v) is 7.06. The molecule has 1 heterocycles. The predicted molar refractivity (Wildman–Crippen MR) is 74.5 cm³/mol. The highest BCUT2D eigenvalue weighted by atomic mass is 32.2. The first-order valence-electron chi connectivity index (χ1n) is 6.64. The predicted octanol–water partition coefficient (Wildman–Crippen LogP) is 4.00.